The maximum absolute atomic E-state index is 14.6. The second kappa shape index (κ2) is 8.21. The molecule has 0 saturated heterocycles. The third-order valence-corrected chi connectivity index (χ3v) is 5.12. The van der Waals surface area contributed by atoms with Crippen LogP contribution in [0.3, 0.4) is 0 Å². The lowest BCUT2D eigenvalue weighted by Crippen LogP contribution is -2.30. The molecule has 1 aliphatic rings. The van der Waals surface area contributed by atoms with Crippen LogP contribution in [-0.4, -0.2) is 27.3 Å². The number of alkyl halides is 2. The number of benzene rings is 1. The van der Waals surface area contributed by atoms with Crippen molar-refractivity contribution in [3.8, 4) is 0 Å². The summed E-state index contributed by atoms with van der Waals surface area (Å²) in [6.07, 6.45) is 3.31. The summed E-state index contributed by atoms with van der Waals surface area (Å²) in [5.74, 6) is -0.604. The average molecular weight is 428 g/mol. The number of aliphatic imine (C=N–C) groups is 1. The van der Waals surface area contributed by atoms with Crippen molar-refractivity contribution in [2.24, 2.45) is 12.0 Å². The van der Waals surface area contributed by atoms with Crippen LogP contribution >= 0.6 is 0 Å². The van der Waals surface area contributed by atoms with Crippen LogP contribution in [0.2, 0.25) is 0 Å². The minimum Gasteiger partial charge on any atom is -0.363 e. The zero-order valence-corrected chi connectivity index (χ0v) is 16.8. The molecule has 1 N–H and O–H groups in total. The molecular weight excluding hydrogens is 409 g/mol. The van der Waals surface area contributed by atoms with E-state index in [1.165, 1.54) is 23.0 Å². The molecule has 2 aromatic heterocycles. The molecule has 160 valence electrons. The van der Waals surface area contributed by atoms with Crippen LogP contribution in [0.4, 0.5) is 24.7 Å². The largest absolute Gasteiger partial charge is 0.363 e. The Balaban J connectivity index is 1.77. The van der Waals surface area contributed by atoms with E-state index in [0.29, 0.717) is 29.1 Å². The Labute approximate surface area is 175 Å². The second-order valence-corrected chi connectivity index (χ2v) is 7.05. The standard InChI is InChI=1S/C21H19F3N6O/c1-12(13-4-3-5-14(17(13)22)18(23)24)28-19-15-10-16(30-8-6-25-7-9-30)21(31)29(2)20(15)27-11-26-19/h3-8,10-12,18H,9H2,1-2H3,(H,26,27,28)/t12-/m1/s1. The van der Waals surface area contributed by atoms with Gasteiger partial charge in [-0.2, -0.15) is 0 Å². The molecule has 7 nitrogen and oxygen atoms in total. The average Bonchev–Trinajstić information content (AvgIpc) is 2.77. The zero-order chi connectivity index (χ0) is 22.1. The smallest absolute Gasteiger partial charge is 0.275 e. The molecule has 1 aliphatic heterocycles. The molecule has 0 aliphatic carbocycles. The second-order valence-electron chi connectivity index (χ2n) is 7.05. The van der Waals surface area contributed by atoms with E-state index in [4.69, 9.17) is 0 Å². The topological polar surface area (TPSA) is 75.4 Å². The van der Waals surface area contributed by atoms with Gasteiger partial charge in [0.05, 0.1) is 23.5 Å². The number of halogens is 3. The zero-order valence-electron chi connectivity index (χ0n) is 16.8. The number of hydrogen-bond donors (Lipinski definition) is 1. The molecule has 10 heteroatoms. The van der Waals surface area contributed by atoms with Crippen LogP contribution in [0.25, 0.3) is 11.0 Å². The van der Waals surface area contributed by atoms with Gasteiger partial charge in [-0.25, -0.2) is 23.1 Å². The van der Waals surface area contributed by atoms with Crippen molar-refractivity contribution in [1.29, 1.82) is 0 Å². The van der Waals surface area contributed by atoms with Crippen molar-refractivity contribution in [3.63, 3.8) is 0 Å². The number of nitrogens with zero attached hydrogens (tertiary/aromatic N) is 5. The molecule has 0 amide bonds. The molecule has 1 atom stereocenters. The highest BCUT2D eigenvalue weighted by atomic mass is 19.3. The summed E-state index contributed by atoms with van der Waals surface area (Å²) < 4.78 is 42.1. The summed E-state index contributed by atoms with van der Waals surface area (Å²) >= 11 is 0. The molecule has 4 rings (SSSR count). The van der Waals surface area contributed by atoms with Gasteiger partial charge in [-0.3, -0.25) is 14.4 Å². The fraction of sp³-hybridized carbons (Fsp3) is 0.238. The van der Waals surface area contributed by atoms with E-state index in [2.05, 4.69) is 20.3 Å². The normalized spacial score (nSPS) is 14.5. The molecule has 0 unspecified atom stereocenters. The quantitative estimate of drug-likeness (QED) is 0.666. The first-order valence-electron chi connectivity index (χ1n) is 9.51. The Morgan fingerprint density at radius 3 is 2.68 bits per heavy atom. The van der Waals surface area contributed by atoms with Gasteiger partial charge >= 0.3 is 0 Å². The number of aromatic nitrogens is 3. The van der Waals surface area contributed by atoms with Crippen molar-refractivity contribution < 1.29 is 13.2 Å². The third-order valence-electron chi connectivity index (χ3n) is 5.12. The summed E-state index contributed by atoms with van der Waals surface area (Å²) in [6.45, 7) is 2.07. The van der Waals surface area contributed by atoms with E-state index in [-0.39, 0.29) is 11.1 Å². The van der Waals surface area contributed by atoms with Crippen LogP contribution in [0, 0.1) is 5.82 Å². The van der Waals surface area contributed by atoms with Gasteiger partial charge in [0.1, 0.15) is 29.3 Å². The van der Waals surface area contributed by atoms with Crippen molar-refractivity contribution in [2.75, 3.05) is 16.8 Å². The van der Waals surface area contributed by atoms with Crippen molar-refractivity contribution in [2.45, 2.75) is 19.4 Å². The molecule has 0 fully saturated rings. The number of nitrogens with one attached hydrogen (secondary N) is 1. The summed E-state index contributed by atoms with van der Waals surface area (Å²) in [4.78, 5) is 27.0. The SMILES string of the molecule is C[C@@H](Nc1ncnc2c1cc(N1C=CN=CC1)c(=O)n2C)c1cccc(C(F)F)c1F. The lowest BCUT2D eigenvalue weighted by Gasteiger charge is -2.22. The van der Waals surface area contributed by atoms with E-state index in [9.17, 15) is 18.0 Å². The Morgan fingerprint density at radius 1 is 1.19 bits per heavy atom. The molecule has 31 heavy (non-hydrogen) atoms. The number of aryl methyl sites for hydroxylation is 1. The maximum Gasteiger partial charge on any atom is 0.275 e. The van der Waals surface area contributed by atoms with Crippen molar-refractivity contribution in [3.05, 3.63) is 70.3 Å². The van der Waals surface area contributed by atoms with Gasteiger partial charge in [-0.05, 0) is 13.0 Å². The number of rotatable bonds is 5. The summed E-state index contributed by atoms with van der Waals surface area (Å²) in [7, 11) is 1.60. The summed E-state index contributed by atoms with van der Waals surface area (Å²) in [5.41, 5.74) is -0.0313. The van der Waals surface area contributed by atoms with E-state index < -0.39 is 23.8 Å². The molecular formula is C21H19F3N6O. The first-order chi connectivity index (χ1) is 14.9. The predicted octanol–water partition coefficient (Wildman–Crippen LogP) is 3.94. The van der Waals surface area contributed by atoms with Crippen LogP contribution < -0.4 is 15.8 Å². The van der Waals surface area contributed by atoms with Crippen LogP contribution in [-0.2, 0) is 7.05 Å². The Bertz CT molecular complexity index is 1250. The highest BCUT2D eigenvalue weighted by Crippen LogP contribution is 2.30. The van der Waals surface area contributed by atoms with E-state index in [1.54, 1.807) is 43.6 Å². The van der Waals surface area contributed by atoms with Gasteiger partial charge in [0, 0.05) is 31.2 Å². The number of pyridine rings is 1. The Morgan fingerprint density at radius 2 is 1.97 bits per heavy atom. The summed E-state index contributed by atoms with van der Waals surface area (Å²) in [5, 5.41) is 3.61. The van der Waals surface area contributed by atoms with E-state index in [0.717, 1.165) is 6.07 Å². The molecule has 0 bridgehead atoms. The number of anilines is 2. The van der Waals surface area contributed by atoms with Crippen molar-refractivity contribution in [1.82, 2.24) is 14.5 Å². The van der Waals surface area contributed by atoms with E-state index in [1.807, 2.05) is 0 Å². The first-order valence-corrected chi connectivity index (χ1v) is 9.51. The van der Waals surface area contributed by atoms with Crippen LogP contribution in [0.15, 0.2) is 52.8 Å². The molecule has 0 spiro atoms. The minimum atomic E-state index is -2.91. The van der Waals surface area contributed by atoms with Gasteiger partial charge < -0.3 is 10.2 Å². The van der Waals surface area contributed by atoms with Gasteiger partial charge in [-0.15, -0.1) is 0 Å². The fourth-order valence-corrected chi connectivity index (χ4v) is 3.48. The summed E-state index contributed by atoms with van der Waals surface area (Å²) in [6, 6.07) is 4.89. The monoisotopic (exact) mass is 428 g/mol. The van der Waals surface area contributed by atoms with Crippen LogP contribution in [0.5, 0.6) is 0 Å². The van der Waals surface area contributed by atoms with Gasteiger partial charge in [-0.1, -0.05) is 18.2 Å². The molecule has 3 heterocycles. The molecule has 1 aromatic carbocycles. The number of fused-ring (bicyclic) bond motifs is 1. The third kappa shape index (κ3) is 3.76. The van der Waals surface area contributed by atoms with Gasteiger partial charge in [0.2, 0.25) is 0 Å². The molecule has 0 radical (unpaired) electrons. The Kier molecular flexibility index (Phi) is 5.45. The Hall–Kier alpha value is -3.69. The van der Waals surface area contributed by atoms with E-state index >= 15 is 0 Å². The number of hydrogen-bond acceptors (Lipinski definition) is 6. The lowest BCUT2D eigenvalue weighted by atomic mass is 10.0. The maximum atomic E-state index is 14.6. The molecule has 3 aromatic rings. The highest BCUT2D eigenvalue weighted by Gasteiger charge is 2.21. The minimum absolute atomic E-state index is 0.0878. The van der Waals surface area contributed by atoms with Crippen molar-refractivity contribution >= 4 is 28.8 Å². The van der Waals surface area contributed by atoms with Gasteiger partial charge in [0.25, 0.3) is 12.0 Å². The van der Waals surface area contributed by atoms with Crippen LogP contribution in [0.1, 0.15) is 30.5 Å². The lowest BCUT2D eigenvalue weighted by molar-refractivity contribution is 0.146. The fourth-order valence-electron chi connectivity index (χ4n) is 3.48. The van der Waals surface area contributed by atoms with Gasteiger partial charge in [0.15, 0.2) is 0 Å². The molecule has 0 saturated carbocycles. The first kappa shape index (κ1) is 20.6. The predicted molar refractivity (Wildman–Crippen MR) is 113 cm³/mol. The highest BCUT2D eigenvalue weighted by molar-refractivity contribution is 5.90.